The summed E-state index contributed by atoms with van der Waals surface area (Å²) in [6, 6.07) is 23.9. The van der Waals surface area contributed by atoms with Crippen LogP contribution in [0.4, 0.5) is 0 Å². The van der Waals surface area contributed by atoms with Crippen molar-refractivity contribution in [1.29, 1.82) is 0 Å². The van der Waals surface area contributed by atoms with Gasteiger partial charge in [-0.1, -0.05) is 66.7 Å². The van der Waals surface area contributed by atoms with Crippen molar-refractivity contribution >= 4 is 10.0 Å². The summed E-state index contributed by atoms with van der Waals surface area (Å²) in [7, 11) is -3.60. The smallest absolute Gasteiger partial charge is 0.240 e. The van der Waals surface area contributed by atoms with Gasteiger partial charge in [0.15, 0.2) is 12.1 Å². The summed E-state index contributed by atoms with van der Waals surface area (Å²) in [5, 5.41) is 9.48. The highest BCUT2D eigenvalue weighted by molar-refractivity contribution is 7.89. The molecule has 3 atom stereocenters. The molecule has 0 bridgehead atoms. The highest BCUT2D eigenvalue weighted by atomic mass is 32.2. The fraction of sp³-hybridized carbons (Fsp3) is 0.438. The lowest BCUT2D eigenvalue weighted by Crippen LogP contribution is -2.48. The summed E-state index contributed by atoms with van der Waals surface area (Å²) in [6.45, 7) is 4.05. The number of nitrogens with one attached hydrogen (secondary N) is 1. The van der Waals surface area contributed by atoms with Crippen LogP contribution in [-0.4, -0.2) is 63.2 Å². The van der Waals surface area contributed by atoms with Gasteiger partial charge in [-0.25, -0.2) is 13.1 Å². The standard InChI is InChI=1S/C32H38N2O7S/c35-23-25-8-10-26(11-9-25)30-20-28(22-34-16-14-32(15-17-34)38-18-19-39-32)40-31(41-30)27-12-6-24(7-13-27)21-33-42(36,37)29-4-2-1-3-5-29/h1-13,28,30-31,33,35H,14-23H2/t28-,30+,31+/m1/s1. The van der Waals surface area contributed by atoms with E-state index in [1.165, 1.54) is 0 Å². The van der Waals surface area contributed by atoms with Crippen LogP contribution in [0, 0.1) is 0 Å². The van der Waals surface area contributed by atoms with Gasteiger partial charge in [-0.15, -0.1) is 0 Å². The number of piperidine rings is 1. The molecule has 0 radical (unpaired) electrons. The minimum atomic E-state index is -3.60. The van der Waals surface area contributed by atoms with Crippen LogP contribution in [0.25, 0.3) is 0 Å². The largest absolute Gasteiger partial charge is 0.392 e. The van der Waals surface area contributed by atoms with Crippen LogP contribution >= 0.6 is 0 Å². The van der Waals surface area contributed by atoms with E-state index in [9.17, 15) is 13.5 Å². The van der Waals surface area contributed by atoms with E-state index in [1.54, 1.807) is 30.3 Å². The second-order valence-electron chi connectivity index (χ2n) is 11.1. The molecule has 3 fully saturated rings. The Labute approximate surface area is 247 Å². The highest BCUT2D eigenvalue weighted by Crippen LogP contribution is 2.39. The molecule has 0 saturated carbocycles. The summed E-state index contributed by atoms with van der Waals surface area (Å²) in [6.07, 6.45) is 1.62. The van der Waals surface area contributed by atoms with Gasteiger partial charge in [0, 0.05) is 51.0 Å². The van der Waals surface area contributed by atoms with Gasteiger partial charge >= 0.3 is 0 Å². The minimum Gasteiger partial charge on any atom is -0.392 e. The molecule has 3 aromatic rings. The highest BCUT2D eigenvalue weighted by Gasteiger charge is 2.41. The number of ether oxygens (including phenoxy) is 4. The molecule has 3 saturated heterocycles. The number of sulfonamides is 1. The van der Waals surface area contributed by atoms with Crippen molar-refractivity contribution in [3.05, 3.63) is 101 Å². The second kappa shape index (κ2) is 12.9. The van der Waals surface area contributed by atoms with Gasteiger partial charge in [0.2, 0.25) is 10.0 Å². The zero-order chi connectivity index (χ0) is 29.0. The number of likely N-dealkylation sites (tertiary alicyclic amines) is 1. The van der Waals surface area contributed by atoms with Gasteiger partial charge in [-0.3, -0.25) is 0 Å². The molecule has 3 aliphatic heterocycles. The number of rotatable bonds is 9. The van der Waals surface area contributed by atoms with E-state index in [0.717, 1.165) is 54.7 Å². The molecule has 0 aromatic heterocycles. The monoisotopic (exact) mass is 594 g/mol. The van der Waals surface area contributed by atoms with E-state index < -0.39 is 22.1 Å². The van der Waals surface area contributed by atoms with Gasteiger partial charge in [0.1, 0.15) is 0 Å². The molecule has 42 heavy (non-hydrogen) atoms. The van der Waals surface area contributed by atoms with Crippen LogP contribution in [0.2, 0.25) is 0 Å². The van der Waals surface area contributed by atoms with Crippen LogP contribution in [0.3, 0.4) is 0 Å². The quantitative estimate of drug-likeness (QED) is 0.383. The van der Waals surface area contributed by atoms with Crippen LogP contribution in [-0.2, 0) is 42.1 Å². The fourth-order valence-corrected chi connectivity index (χ4v) is 6.88. The minimum absolute atomic E-state index is 0.00208. The van der Waals surface area contributed by atoms with E-state index in [4.69, 9.17) is 18.9 Å². The lowest BCUT2D eigenvalue weighted by Gasteiger charge is -2.41. The second-order valence-corrected chi connectivity index (χ2v) is 12.9. The Morgan fingerprint density at radius 3 is 2.14 bits per heavy atom. The van der Waals surface area contributed by atoms with Crippen LogP contribution in [0.15, 0.2) is 83.8 Å². The first kappa shape index (κ1) is 29.4. The van der Waals surface area contributed by atoms with E-state index in [1.807, 2.05) is 48.5 Å². The van der Waals surface area contributed by atoms with Crippen LogP contribution < -0.4 is 4.72 Å². The number of hydrogen-bond acceptors (Lipinski definition) is 8. The average molecular weight is 595 g/mol. The van der Waals surface area contributed by atoms with E-state index in [-0.39, 0.29) is 30.3 Å². The first-order valence-corrected chi connectivity index (χ1v) is 16.0. The third-order valence-electron chi connectivity index (χ3n) is 8.28. The van der Waals surface area contributed by atoms with Crippen molar-refractivity contribution in [3.63, 3.8) is 0 Å². The van der Waals surface area contributed by atoms with E-state index >= 15 is 0 Å². The Hall–Kier alpha value is -2.67. The third kappa shape index (κ3) is 6.93. The SMILES string of the molecule is O=S(=O)(NCc1ccc([C@H]2O[C@@H](CN3CCC4(CC3)OCCO4)C[C@@H](c3ccc(CO)cc3)O2)cc1)c1ccccc1. The predicted octanol–water partition coefficient (Wildman–Crippen LogP) is 4.04. The maximum Gasteiger partial charge on any atom is 0.240 e. The molecule has 2 N–H and O–H groups in total. The van der Waals surface area contributed by atoms with Gasteiger partial charge < -0.3 is 29.0 Å². The molecule has 224 valence electrons. The molecular weight excluding hydrogens is 556 g/mol. The molecule has 3 aromatic carbocycles. The van der Waals surface area contributed by atoms with Crippen molar-refractivity contribution in [2.75, 3.05) is 32.8 Å². The molecule has 9 nitrogen and oxygen atoms in total. The van der Waals surface area contributed by atoms with Crippen molar-refractivity contribution in [1.82, 2.24) is 9.62 Å². The fourth-order valence-electron chi connectivity index (χ4n) is 5.84. The number of aliphatic hydroxyl groups is 1. The first-order chi connectivity index (χ1) is 20.4. The van der Waals surface area contributed by atoms with Crippen LogP contribution in [0.5, 0.6) is 0 Å². The first-order valence-electron chi connectivity index (χ1n) is 14.6. The van der Waals surface area contributed by atoms with Crippen molar-refractivity contribution in [3.8, 4) is 0 Å². The molecule has 3 heterocycles. The number of benzene rings is 3. The maximum atomic E-state index is 12.6. The molecule has 0 unspecified atom stereocenters. The Kier molecular flexibility index (Phi) is 9.04. The topological polar surface area (TPSA) is 107 Å². The van der Waals surface area contributed by atoms with Gasteiger partial charge in [0.05, 0.1) is 36.9 Å². The van der Waals surface area contributed by atoms with Crippen LogP contribution in [0.1, 0.15) is 53.9 Å². The predicted molar refractivity (Wildman–Crippen MR) is 156 cm³/mol. The summed E-state index contributed by atoms with van der Waals surface area (Å²) in [5.41, 5.74) is 3.61. The van der Waals surface area contributed by atoms with Crippen molar-refractivity contribution in [2.45, 2.75) is 61.6 Å². The average Bonchev–Trinajstić information content (AvgIpc) is 3.50. The molecule has 0 amide bonds. The maximum absolute atomic E-state index is 12.6. The van der Waals surface area contributed by atoms with Gasteiger partial charge in [0.25, 0.3) is 0 Å². The number of nitrogens with zero attached hydrogens (tertiary/aromatic N) is 1. The van der Waals surface area contributed by atoms with E-state index in [0.29, 0.717) is 19.6 Å². The summed E-state index contributed by atoms with van der Waals surface area (Å²) < 4.78 is 52.7. The van der Waals surface area contributed by atoms with Gasteiger partial charge in [-0.05, 0) is 28.8 Å². The summed E-state index contributed by atoms with van der Waals surface area (Å²) >= 11 is 0. The molecule has 6 rings (SSSR count). The Balaban J connectivity index is 1.13. The normalized spacial score (nSPS) is 24.6. The van der Waals surface area contributed by atoms with E-state index in [2.05, 4.69) is 9.62 Å². The zero-order valence-corrected chi connectivity index (χ0v) is 24.4. The van der Waals surface area contributed by atoms with Gasteiger partial charge in [-0.2, -0.15) is 0 Å². The van der Waals surface area contributed by atoms with Crippen molar-refractivity contribution in [2.24, 2.45) is 0 Å². The number of aliphatic hydroxyl groups excluding tert-OH is 1. The zero-order valence-electron chi connectivity index (χ0n) is 23.6. The lowest BCUT2D eigenvalue weighted by atomic mass is 9.98. The Morgan fingerprint density at radius 1 is 0.833 bits per heavy atom. The summed E-state index contributed by atoms with van der Waals surface area (Å²) in [5.74, 6) is -0.413. The summed E-state index contributed by atoms with van der Waals surface area (Å²) in [4.78, 5) is 2.65. The molecule has 10 heteroatoms. The molecule has 3 aliphatic rings. The number of hydrogen-bond donors (Lipinski definition) is 2. The Bertz CT molecular complexity index is 1400. The molecule has 0 aliphatic carbocycles. The molecular formula is C32H38N2O7S. The lowest BCUT2D eigenvalue weighted by molar-refractivity contribution is -0.255. The van der Waals surface area contributed by atoms with Crippen molar-refractivity contribution < 1.29 is 32.5 Å². The third-order valence-corrected chi connectivity index (χ3v) is 9.70. The Morgan fingerprint density at radius 2 is 1.48 bits per heavy atom. The molecule has 1 spiro atoms.